The maximum atomic E-state index is 14.8. The van der Waals surface area contributed by atoms with Gasteiger partial charge in [0.25, 0.3) is 12.3 Å². The number of carbonyl (C=O) groups is 4. The number of benzene rings is 1. The lowest BCUT2D eigenvalue weighted by Gasteiger charge is -2.37. The molecule has 17 heteroatoms. The van der Waals surface area contributed by atoms with Crippen LogP contribution in [-0.4, -0.2) is 97.4 Å². The van der Waals surface area contributed by atoms with E-state index in [0.29, 0.717) is 60.7 Å². The summed E-state index contributed by atoms with van der Waals surface area (Å²) in [5.74, 6) is -3.67. The van der Waals surface area contributed by atoms with Gasteiger partial charge in [0.15, 0.2) is 5.75 Å². The van der Waals surface area contributed by atoms with Crippen molar-refractivity contribution in [3.05, 3.63) is 41.6 Å². The number of alkyl halides is 2. The summed E-state index contributed by atoms with van der Waals surface area (Å²) in [7, 11) is -1.31. The number of esters is 1. The highest BCUT2D eigenvalue weighted by Crippen LogP contribution is 2.50. The highest BCUT2D eigenvalue weighted by atomic mass is 32.2. The fourth-order valence-electron chi connectivity index (χ4n) is 8.93. The minimum atomic E-state index is -4.20. The molecule has 2 N–H and O–H groups in total. The third-order valence-electron chi connectivity index (χ3n) is 12.9. The van der Waals surface area contributed by atoms with Crippen LogP contribution in [0.4, 0.5) is 8.78 Å². The Hall–Kier alpha value is -4.38. The molecule has 2 aromatic rings. The van der Waals surface area contributed by atoms with E-state index in [1.807, 2.05) is 19.1 Å². The number of halogens is 2. The van der Waals surface area contributed by atoms with Gasteiger partial charge in [-0.25, -0.2) is 22.2 Å². The third kappa shape index (κ3) is 8.37. The van der Waals surface area contributed by atoms with E-state index in [0.717, 1.165) is 12.8 Å². The van der Waals surface area contributed by atoms with Crippen molar-refractivity contribution in [1.82, 2.24) is 19.9 Å². The van der Waals surface area contributed by atoms with Gasteiger partial charge in [0, 0.05) is 36.3 Å². The Kier molecular flexibility index (Phi) is 12.0. The van der Waals surface area contributed by atoms with Gasteiger partial charge in [-0.05, 0) is 82.9 Å². The molecule has 2 aliphatic carbocycles. The number of fused-ring (bicyclic) bond motifs is 5. The number of hydrogen-bond donors (Lipinski definition) is 2. The first kappa shape index (κ1) is 42.7. The standard InChI is InChI=1S/C42H54F2N4O10S/c1-5-25(2)57-33(49)19-26-11-9-7-6-8-10-12-27-21-42(27,39(52)47-59(53,54)41(17-18-41)24-55-3)46-37(50)32-22-40(23-48(32)38(26)51)16-15-29-30-20-28(56-4)13-14-31(30)45-34(36(43)44)35(29)58-40/h10,12-14,20,25-27,32,36H,5-9,11,15-19,21-24H2,1-4H3,(H,46,50)(H,47,52)/b12-10-/t25-,26+,27+,32-,40+,42+/m0/s1. The second-order valence-electron chi connectivity index (χ2n) is 17.0. The van der Waals surface area contributed by atoms with Crippen molar-refractivity contribution in [1.29, 1.82) is 0 Å². The monoisotopic (exact) mass is 844 g/mol. The minimum Gasteiger partial charge on any atom is -0.497 e. The molecule has 6 atom stereocenters. The van der Waals surface area contributed by atoms with Crippen molar-refractivity contribution < 1.29 is 55.3 Å². The summed E-state index contributed by atoms with van der Waals surface area (Å²) in [5, 5.41) is 3.44. The van der Waals surface area contributed by atoms with Gasteiger partial charge in [0.2, 0.25) is 21.8 Å². The van der Waals surface area contributed by atoms with Crippen LogP contribution in [0.3, 0.4) is 0 Å². The Morgan fingerprint density at radius 3 is 2.59 bits per heavy atom. The van der Waals surface area contributed by atoms with E-state index in [1.165, 1.54) is 19.1 Å². The second kappa shape index (κ2) is 16.6. The zero-order chi connectivity index (χ0) is 42.3. The number of rotatable bonds is 11. The molecule has 3 fully saturated rings. The molecule has 1 spiro atoms. The molecular weight excluding hydrogens is 791 g/mol. The van der Waals surface area contributed by atoms with Crippen molar-refractivity contribution in [2.45, 2.75) is 132 Å². The van der Waals surface area contributed by atoms with Gasteiger partial charge in [0.1, 0.15) is 33.4 Å². The van der Waals surface area contributed by atoms with Gasteiger partial charge in [0.05, 0.1) is 38.3 Å². The normalized spacial score (nSPS) is 28.9. The maximum absolute atomic E-state index is 14.8. The topological polar surface area (TPSA) is 180 Å². The van der Waals surface area contributed by atoms with Crippen molar-refractivity contribution in [3.63, 3.8) is 0 Å². The van der Waals surface area contributed by atoms with Crippen molar-refractivity contribution in [2.24, 2.45) is 11.8 Å². The van der Waals surface area contributed by atoms with E-state index >= 15 is 0 Å². The Labute approximate surface area is 343 Å². The van der Waals surface area contributed by atoms with Crippen LogP contribution in [0.2, 0.25) is 0 Å². The molecule has 0 radical (unpaired) electrons. The molecule has 322 valence electrons. The molecular formula is C42H54F2N4O10S. The predicted octanol–water partition coefficient (Wildman–Crippen LogP) is 5.21. The number of aromatic nitrogens is 1. The smallest absolute Gasteiger partial charge is 0.306 e. The summed E-state index contributed by atoms with van der Waals surface area (Å²) in [6, 6.07) is 3.69. The van der Waals surface area contributed by atoms with Crippen molar-refractivity contribution >= 4 is 44.6 Å². The number of methoxy groups -OCH3 is 2. The molecule has 7 rings (SSSR count). The molecule has 59 heavy (non-hydrogen) atoms. The summed E-state index contributed by atoms with van der Waals surface area (Å²) in [6.45, 7) is 3.37. The quantitative estimate of drug-likeness (QED) is 0.224. The molecule has 5 aliphatic rings. The average molecular weight is 845 g/mol. The lowest BCUT2D eigenvalue weighted by atomic mass is 9.87. The van der Waals surface area contributed by atoms with E-state index in [4.69, 9.17) is 18.9 Å². The van der Waals surface area contributed by atoms with Crippen LogP contribution >= 0.6 is 0 Å². The molecule has 0 bridgehead atoms. The third-order valence-corrected chi connectivity index (χ3v) is 15.0. The van der Waals surface area contributed by atoms with Crippen LogP contribution in [0.25, 0.3) is 10.9 Å². The first-order valence-corrected chi connectivity index (χ1v) is 22.1. The number of nitrogens with one attached hydrogen (secondary N) is 2. The first-order chi connectivity index (χ1) is 28.1. The van der Waals surface area contributed by atoms with E-state index in [1.54, 1.807) is 25.1 Å². The number of allylic oxidation sites excluding steroid dienone is 1. The summed E-state index contributed by atoms with van der Waals surface area (Å²) in [5.41, 5.74) is -2.68. The zero-order valence-corrected chi connectivity index (χ0v) is 34.8. The van der Waals surface area contributed by atoms with Crippen LogP contribution in [0.5, 0.6) is 11.5 Å². The zero-order valence-electron chi connectivity index (χ0n) is 34.0. The molecule has 2 saturated carbocycles. The van der Waals surface area contributed by atoms with E-state index in [2.05, 4.69) is 15.0 Å². The van der Waals surface area contributed by atoms with E-state index in [-0.39, 0.29) is 57.1 Å². The first-order valence-electron chi connectivity index (χ1n) is 20.6. The number of pyridine rings is 1. The van der Waals surface area contributed by atoms with Crippen LogP contribution in [0.1, 0.15) is 109 Å². The highest BCUT2D eigenvalue weighted by Gasteiger charge is 2.64. The van der Waals surface area contributed by atoms with Gasteiger partial charge in [-0.2, -0.15) is 0 Å². The Morgan fingerprint density at radius 1 is 1.12 bits per heavy atom. The number of amides is 3. The van der Waals surface area contributed by atoms with Gasteiger partial charge in [-0.1, -0.05) is 31.9 Å². The molecule has 3 amide bonds. The van der Waals surface area contributed by atoms with Gasteiger partial charge in [-0.15, -0.1) is 0 Å². The molecule has 0 unspecified atom stereocenters. The molecule has 1 aromatic heterocycles. The fraction of sp³-hybridized carbons (Fsp3) is 0.643. The second-order valence-corrected chi connectivity index (χ2v) is 19.0. The number of sulfonamides is 1. The largest absolute Gasteiger partial charge is 0.497 e. The van der Waals surface area contributed by atoms with Gasteiger partial charge < -0.3 is 29.2 Å². The fourth-order valence-corrected chi connectivity index (χ4v) is 10.5. The molecule has 1 aromatic carbocycles. The Morgan fingerprint density at radius 2 is 1.90 bits per heavy atom. The van der Waals surface area contributed by atoms with E-state index < -0.39 is 79.6 Å². The molecule has 14 nitrogen and oxygen atoms in total. The van der Waals surface area contributed by atoms with Crippen LogP contribution in [0.15, 0.2) is 30.4 Å². The van der Waals surface area contributed by atoms with Crippen molar-refractivity contribution in [2.75, 3.05) is 27.4 Å². The predicted molar refractivity (Wildman–Crippen MR) is 211 cm³/mol. The van der Waals surface area contributed by atoms with Gasteiger partial charge in [-0.3, -0.25) is 23.9 Å². The van der Waals surface area contributed by atoms with Crippen LogP contribution < -0.4 is 19.5 Å². The number of nitrogens with zero attached hydrogens (tertiary/aromatic N) is 2. The summed E-state index contributed by atoms with van der Waals surface area (Å²) in [4.78, 5) is 62.5. The summed E-state index contributed by atoms with van der Waals surface area (Å²) < 4.78 is 80.3. The Balaban J connectivity index is 1.25. The number of carbonyl (C=O) groups excluding carboxylic acids is 4. The molecule has 4 heterocycles. The van der Waals surface area contributed by atoms with Gasteiger partial charge >= 0.3 is 5.97 Å². The summed E-state index contributed by atoms with van der Waals surface area (Å²) >= 11 is 0. The Bertz CT molecular complexity index is 2130. The highest BCUT2D eigenvalue weighted by molar-refractivity contribution is 7.91. The number of hydrogen-bond acceptors (Lipinski definition) is 11. The minimum absolute atomic E-state index is 0.0964. The molecule has 3 aliphatic heterocycles. The molecule has 1 saturated heterocycles. The number of ether oxygens (including phenoxy) is 4. The number of aryl methyl sites for hydroxylation is 1. The maximum Gasteiger partial charge on any atom is 0.306 e. The van der Waals surface area contributed by atoms with Crippen molar-refractivity contribution in [3.8, 4) is 11.5 Å². The summed E-state index contributed by atoms with van der Waals surface area (Å²) in [6.07, 6.45) is 4.91. The lowest BCUT2D eigenvalue weighted by Crippen LogP contribution is -2.58. The SMILES string of the molecule is CC[C@H](C)OC(=O)C[C@H]1CCCCC/C=C\[C@@H]2C[C@@]2(C(=O)NS(=O)(=O)C2(COC)CC2)NC(=O)[C@@H]2C[C@]3(CCc4c(c(C(F)F)nc5ccc(OC)cc45)O3)CN2C1=O. The lowest BCUT2D eigenvalue weighted by molar-refractivity contribution is -0.153. The van der Waals surface area contributed by atoms with Crippen LogP contribution in [0, 0.1) is 11.8 Å². The van der Waals surface area contributed by atoms with Crippen LogP contribution in [-0.2, 0) is 45.1 Å². The van der Waals surface area contributed by atoms with E-state index in [9.17, 15) is 36.4 Å². The average Bonchev–Trinajstić information content (AvgIpc) is 4.11.